The molecule has 0 aliphatic heterocycles. The minimum absolute atomic E-state index is 0.0755. The second-order valence-corrected chi connectivity index (χ2v) is 7.46. The molecule has 142 valence electrons. The number of halogens is 1. The third-order valence-corrected chi connectivity index (χ3v) is 4.19. The van der Waals surface area contributed by atoms with Gasteiger partial charge in [-0.25, -0.2) is 9.37 Å². The number of carbonyl (C=O) groups excluding carboxylic acids is 1. The van der Waals surface area contributed by atoms with Gasteiger partial charge in [0.05, 0.1) is 32.1 Å². The van der Waals surface area contributed by atoms with Gasteiger partial charge in [-0.05, 0) is 24.6 Å². The highest BCUT2D eigenvalue weighted by atomic mass is 32.2. The molecule has 1 aromatic carbocycles. The van der Waals surface area contributed by atoms with E-state index >= 15 is 0 Å². The Balaban J connectivity index is 2.35. The van der Waals surface area contributed by atoms with Crippen molar-refractivity contribution in [1.29, 1.82) is 0 Å². The number of carbonyl (C=O) groups is 1. The maximum Gasteiger partial charge on any atom is 0.302 e. The highest BCUT2D eigenvalue weighted by molar-refractivity contribution is 7.85. The predicted molar refractivity (Wildman–Crippen MR) is 92.9 cm³/mol. The van der Waals surface area contributed by atoms with Crippen molar-refractivity contribution in [2.75, 3.05) is 26.6 Å². The average molecular weight is 385 g/mol. The van der Waals surface area contributed by atoms with Crippen molar-refractivity contribution in [3.63, 3.8) is 0 Å². The Labute approximate surface area is 151 Å². The lowest BCUT2D eigenvalue weighted by atomic mass is 9.97. The van der Waals surface area contributed by atoms with Gasteiger partial charge in [0, 0.05) is 29.9 Å². The van der Waals surface area contributed by atoms with Gasteiger partial charge in [0.15, 0.2) is 0 Å². The van der Waals surface area contributed by atoms with E-state index in [-0.39, 0.29) is 25.2 Å². The molecule has 0 amide bonds. The number of benzene rings is 1. The van der Waals surface area contributed by atoms with Crippen molar-refractivity contribution in [2.24, 2.45) is 5.92 Å². The van der Waals surface area contributed by atoms with Crippen molar-refractivity contribution in [3.05, 3.63) is 35.6 Å². The van der Waals surface area contributed by atoms with Crippen LogP contribution in [-0.4, -0.2) is 46.0 Å². The van der Waals surface area contributed by atoms with Crippen LogP contribution >= 0.6 is 0 Å². The van der Waals surface area contributed by atoms with Crippen LogP contribution in [0.2, 0.25) is 0 Å². The van der Waals surface area contributed by atoms with E-state index in [9.17, 15) is 17.6 Å². The predicted octanol–water partition coefficient (Wildman–Crippen LogP) is 2.08. The van der Waals surface area contributed by atoms with Crippen molar-refractivity contribution in [3.8, 4) is 5.88 Å². The fourth-order valence-corrected chi connectivity index (χ4v) is 2.86. The summed E-state index contributed by atoms with van der Waals surface area (Å²) < 4.78 is 51.8. The van der Waals surface area contributed by atoms with Gasteiger partial charge >= 0.3 is 5.97 Å². The van der Waals surface area contributed by atoms with E-state index in [1.54, 1.807) is 18.2 Å². The fraction of sp³-hybridized carbons (Fsp3) is 0.412. The molecule has 0 N–H and O–H groups in total. The van der Waals surface area contributed by atoms with E-state index in [0.29, 0.717) is 16.8 Å². The summed E-state index contributed by atoms with van der Waals surface area (Å²) in [6.45, 7) is 0.885. The van der Waals surface area contributed by atoms with E-state index in [1.165, 1.54) is 20.1 Å². The summed E-state index contributed by atoms with van der Waals surface area (Å²) in [5, 5.41) is 0.706. The van der Waals surface area contributed by atoms with Crippen LogP contribution in [0.3, 0.4) is 0 Å². The number of nitrogens with zero attached hydrogens (tertiary/aromatic N) is 1. The summed E-state index contributed by atoms with van der Waals surface area (Å²) in [7, 11) is -2.23. The summed E-state index contributed by atoms with van der Waals surface area (Å²) in [6, 6.07) is 6.31. The first kappa shape index (κ1) is 20.1. The van der Waals surface area contributed by atoms with Crippen LogP contribution < -0.4 is 4.74 Å². The molecule has 1 aromatic heterocycles. The van der Waals surface area contributed by atoms with E-state index in [4.69, 9.17) is 13.7 Å². The molecular weight excluding hydrogens is 365 g/mol. The van der Waals surface area contributed by atoms with Crippen LogP contribution in [0.1, 0.15) is 12.5 Å². The van der Waals surface area contributed by atoms with Crippen molar-refractivity contribution >= 4 is 27.0 Å². The van der Waals surface area contributed by atoms with E-state index in [2.05, 4.69) is 4.98 Å². The zero-order valence-corrected chi connectivity index (χ0v) is 15.5. The number of pyridine rings is 1. The Bertz CT molecular complexity index is 900. The van der Waals surface area contributed by atoms with Gasteiger partial charge in [0.2, 0.25) is 5.88 Å². The van der Waals surface area contributed by atoms with Gasteiger partial charge in [-0.2, -0.15) is 8.42 Å². The van der Waals surface area contributed by atoms with Gasteiger partial charge < -0.3 is 9.47 Å². The number of aromatic nitrogens is 1. The second kappa shape index (κ2) is 8.41. The number of ether oxygens (including phenoxy) is 2. The number of esters is 1. The molecule has 0 saturated carbocycles. The Hall–Kier alpha value is -2.26. The molecule has 0 radical (unpaired) electrons. The van der Waals surface area contributed by atoms with Gasteiger partial charge in [0.1, 0.15) is 5.82 Å². The Morgan fingerprint density at radius 1 is 1.23 bits per heavy atom. The van der Waals surface area contributed by atoms with Crippen LogP contribution in [0.25, 0.3) is 10.9 Å². The number of hydrogen-bond acceptors (Lipinski definition) is 7. The molecule has 9 heteroatoms. The first-order chi connectivity index (χ1) is 12.2. The molecule has 0 fully saturated rings. The normalized spacial score (nSPS) is 12.8. The molecule has 2 rings (SSSR count). The molecule has 2 aromatic rings. The minimum atomic E-state index is -3.68. The van der Waals surface area contributed by atoms with E-state index in [1.807, 2.05) is 0 Å². The molecular formula is C17H20FNO6S. The Kier molecular flexibility index (Phi) is 6.49. The molecule has 26 heavy (non-hydrogen) atoms. The summed E-state index contributed by atoms with van der Waals surface area (Å²) in [6.07, 6.45) is 0.993. The Morgan fingerprint density at radius 2 is 1.92 bits per heavy atom. The molecule has 0 bridgehead atoms. The number of fused-ring (bicyclic) bond motifs is 1. The van der Waals surface area contributed by atoms with E-state index < -0.39 is 27.8 Å². The van der Waals surface area contributed by atoms with Crippen molar-refractivity contribution < 1.29 is 31.3 Å². The van der Waals surface area contributed by atoms with Crippen LogP contribution in [0.4, 0.5) is 4.39 Å². The zero-order valence-electron chi connectivity index (χ0n) is 14.7. The quantitative estimate of drug-likeness (QED) is 0.507. The lowest BCUT2D eigenvalue weighted by Crippen LogP contribution is -2.22. The molecule has 1 atom stereocenters. The number of hydrogen-bond donors (Lipinski definition) is 0. The standard InChI is InChI=1S/C17H20FNO6S/c1-11(20)24-9-12(10-25-26(3,21)22)8-14-15(18)6-4-13-5-7-16(23-2)19-17(13)14/h4-7,12H,8-10H2,1-3H3. The maximum atomic E-state index is 14.4. The number of methoxy groups -OCH3 is 1. The zero-order chi connectivity index (χ0) is 19.3. The molecule has 0 aliphatic carbocycles. The molecule has 0 saturated heterocycles. The summed E-state index contributed by atoms with van der Waals surface area (Å²) in [5.74, 6) is -1.26. The molecule has 0 aliphatic rings. The molecule has 1 unspecified atom stereocenters. The second-order valence-electron chi connectivity index (χ2n) is 5.81. The Morgan fingerprint density at radius 3 is 2.54 bits per heavy atom. The van der Waals surface area contributed by atoms with E-state index in [0.717, 1.165) is 6.26 Å². The van der Waals surface area contributed by atoms with Crippen LogP contribution in [-0.2, 0) is 30.3 Å². The minimum Gasteiger partial charge on any atom is -0.481 e. The first-order valence-corrected chi connectivity index (χ1v) is 9.61. The smallest absolute Gasteiger partial charge is 0.302 e. The average Bonchev–Trinajstić information content (AvgIpc) is 2.57. The highest BCUT2D eigenvalue weighted by Gasteiger charge is 2.20. The van der Waals surface area contributed by atoms with Crippen LogP contribution in [0.5, 0.6) is 5.88 Å². The van der Waals surface area contributed by atoms with Crippen molar-refractivity contribution in [1.82, 2.24) is 4.98 Å². The summed E-state index contributed by atoms with van der Waals surface area (Å²) >= 11 is 0. The maximum absolute atomic E-state index is 14.4. The lowest BCUT2D eigenvalue weighted by Gasteiger charge is -2.17. The van der Waals surface area contributed by atoms with Crippen LogP contribution in [0, 0.1) is 11.7 Å². The molecule has 0 spiro atoms. The fourth-order valence-electron chi connectivity index (χ4n) is 2.42. The molecule has 1 heterocycles. The number of rotatable bonds is 8. The van der Waals surface area contributed by atoms with Gasteiger partial charge in [0.25, 0.3) is 10.1 Å². The van der Waals surface area contributed by atoms with Gasteiger partial charge in [-0.3, -0.25) is 8.98 Å². The highest BCUT2D eigenvalue weighted by Crippen LogP contribution is 2.25. The first-order valence-electron chi connectivity index (χ1n) is 7.79. The third-order valence-electron chi connectivity index (χ3n) is 3.63. The topological polar surface area (TPSA) is 91.8 Å². The largest absolute Gasteiger partial charge is 0.481 e. The van der Waals surface area contributed by atoms with Gasteiger partial charge in [-0.1, -0.05) is 0 Å². The van der Waals surface area contributed by atoms with Crippen molar-refractivity contribution in [2.45, 2.75) is 13.3 Å². The lowest BCUT2D eigenvalue weighted by molar-refractivity contribution is -0.142. The third kappa shape index (κ3) is 5.63. The molecule has 7 nitrogen and oxygen atoms in total. The van der Waals surface area contributed by atoms with Gasteiger partial charge in [-0.15, -0.1) is 0 Å². The monoisotopic (exact) mass is 385 g/mol. The summed E-state index contributed by atoms with van der Waals surface area (Å²) in [4.78, 5) is 15.4. The van der Waals surface area contributed by atoms with Crippen LogP contribution in [0.15, 0.2) is 24.3 Å². The summed E-state index contributed by atoms with van der Waals surface area (Å²) in [5.41, 5.74) is 0.673. The SMILES string of the molecule is COc1ccc2ccc(F)c(CC(COC(C)=O)COS(C)(=O)=O)c2n1.